The molecule has 0 bridgehead atoms. The van der Waals surface area contributed by atoms with Crippen molar-refractivity contribution in [3.8, 4) is 0 Å². The molecule has 1 saturated carbocycles. The molecule has 1 amide bonds. The van der Waals surface area contributed by atoms with Crippen molar-refractivity contribution in [3.63, 3.8) is 0 Å². The molecule has 1 aliphatic rings. The average Bonchev–Trinajstić information content (AvgIpc) is 2.52. The molecule has 1 aromatic rings. The number of nitrogens with zero attached hydrogens (tertiary/aromatic N) is 1. The first-order valence-electron chi connectivity index (χ1n) is 7.66. The average molecular weight is 288 g/mol. The molecule has 0 atom stereocenters. The van der Waals surface area contributed by atoms with E-state index in [1.807, 2.05) is 29.2 Å². The summed E-state index contributed by atoms with van der Waals surface area (Å²) in [6.07, 6.45) is 9.07. The van der Waals surface area contributed by atoms with Crippen molar-refractivity contribution < 1.29 is 9.90 Å². The Labute approximate surface area is 126 Å². The van der Waals surface area contributed by atoms with Crippen LogP contribution in [0.1, 0.15) is 37.7 Å². The maximum atomic E-state index is 12.4. The molecule has 0 aromatic heterocycles. The van der Waals surface area contributed by atoms with E-state index in [1.54, 1.807) is 12.2 Å². The third kappa shape index (κ3) is 4.60. The summed E-state index contributed by atoms with van der Waals surface area (Å²) in [6, 6.07) is 7.68. The van der Waals surface area contributed by atoms with Crippen LogP contribution >= 0.6 is 0 Å². The topological polar surface area (TPSA) is 66.6 Å². The molecule has 4 nitrogen and oxygen atoms in total. The van der Waals surface area contributed by atoms with Crippen LogP contribution in [-0.4, -0.2) is 35.1 Å². The number of nitrogens with two attached hydrogens (primary N) is 1. The van der Waals surface area contributed by atoms with Gasteiger partial charge in [0.1, 0.15) is 0 Å². The number of carbonyl (C=O) groups excluding carboxylic acids is 1. The fraction of sp³-hybridized carbons (Fsp3) is 0.471. The lowest BCUT2D eigenvalue weighted by atomic mass is 9.94. The summed E-state index contributed by atoms with van der Waals surface area (Å²) in [5.74, 6) is -0.0206. The number of hydrogen-bond acceptors (Lipinski definition) is 3. The molecule has 3 N–H and O–H groups in total. The molecule has 0 saturated heterocycles. The standard InChI is InChI=1S/C17H24N2O2/c18-15-9-6-14(7-10-15)8-11-17(21)19(12-13-20)16-4-2-1-3-5-16/h6-11,16,20H,1-5,12-13,18H2/b11-8+. The number of rotatable bonds is 5. The van der Waals surface area contributed by atoms with Gasteiger partial charge in [-0.15, -0.1) is 0 Å². The Bertz CT molecular complexity index is 476. The van der Waals surface area contributed by atoms with Crippen LogP contribution in [0.25, 0.3) is 6.08 Å². The van der Waals surface area contributed by atoms with Crippen molar-refractivity contribution in [1.82, 2.24) is 4.90 Å². The number of anilines is 1. The summed E-state index contributed by atoms with van der Waals surface area (Å²) < 4.78 is 0. The smallest absolute Gasteiger partial charge is 0.246 e. The molecular weight excluding hydrogens is 264 g/mol. The predicted molar refractivity (Wildman–Crippen MR) is 85.6 cm³/mol. The van der Waals surface area contributed by atoms with Crippen molar-refractivity contribution in [2.24, 2.45) is 0 Å². The molecule has 4 heteroatoms. The van der Waals surface area contributed by atoms with Gasteiger partial charge in [0.25, 0.3) is 0 Å². The zero-order valence-corrected chi connectivity index (χ0v) is 12.4. The zero-order chi connectivity index (χ0) is 15.1. The third-order valence-corrected chi connectivity index (χ3v) is 3.99. The second-order valence-electron chi connectivity index (χ2n) is 5.55. The molecule has 0 radical (unpaired) electrons. The minimum absolute atomic E-state index is 0.0119. The Morgan fingerprint density at radius 1 is 1.24 bits per heavy atom. The van der Waals surface area contributed by atoms with Gasteiger partial charge in [-0.05, 0) is 36.6 Å². The summed E-state index contributed by atoms with van der Waals surface area (Å²) in [5.41, 5.74) is 7.30. The monoisotopic (exact) mass is 288 g/mol. The second kappa shape index (κ2) is 7.84. The van der Waals surface area contributed by atoms with Crippen LogP contribution in [0.5, 0.6) is 0 Å². The van der Waals surface area contributed by atoms with E-state index in [0.29, 0.717) is 12.2 Å². The number of amides is 1. The van der Waals surface area contributed by atoms with Crippen molar-refractivity contribution >= 4 is 17.7 Å². The lowest BCUT2D eigenvalue weighted by molar-refractivity contribution is -0.129. The van der Waals surface area contributed by atoms with E-state index >= 15 is 0 Å². The van der Waals surface area contributed by atoms with Gasteiger partial charge in [-0.1, -0.05) is 31.4 Å². The van der Waals surface area contributed by atoms with Gasteiger partial charge in [-0.25, -0.2) is 0 Å². The maximum absolute atomic E-state index is 12.4. The summed E-state index contributed by atoms with van der Waals surface area (Å²) >= 11 is 0. The Hall–Kier alpha value is -1.81. The van der Waals surface area contributed by atoms with Crippen molar-refractivity contribution in [2.75, 3.05) is 18.9 Å². The molecule has 0 aliphatic heterocycles. The SMILES string of the molecule is Nc1ccc(/C=C/C(=O)N(CCO)C2CCCCC2)cc1. The first kappa shape index (κ1) is 15.6. The minimum atomic E-state index is -0.0206. The van der Waals surface area contributed by atoms with E-state index in [-0.39, 0.29) is 18.6 Å². The Kier molecular flexibility index (Phi) is 5.81. The number of hydrogen-bond donors (Lipinski definition) is 2. The quantitative estimate of drug-likeness (QED) is 0.646. The Morgan fingerprint density at radius 2 is 1.90 bits per heavy atom. The number of aliphatic hydroxyl groups excluding tert-OH is 1. The number of nitrogen functional groups attached to an aromatic ring is 1. The van der Waals surface area contributed by atoms with Gasteiger partial charge >= 0.3 is 0 Å². The van der Waals surface area contributed by atoms with Gasteiger partial charge in [-0.3, -0.25) is 4.79 Å². The Morgan fingerprint density at radius 3 is 2.52 bits per heavy atom. The first-order chi connectivity index (χ1) is 10.2. The van der Waals surface area contributed by atoms with E-state index in [0.717, 1.165) is 18.4 Å². The van der Waals surface area contributed by atoms with Gasteiger partial charge in [0.2, 0.25) is 5.91 Å². The minimum Gasteiger partial charge on any atom is -0.399 e. The summed E-state index contributed by atoms with van der Waals surface area (Å²) in [6.45, 7) is 0.424. The van der Waals surface area contributed by atoms with Crippen LogP contribution in [0.3, 0.4) is 0 Å². The van der Waals surface area contributed by atoms with E-state index in [9.17, 15) is 9.90 Å². The van der Waals surface area contributed by atoms with E-state index in [1.165, 1.54) is 19.3 Å². The lowest BCUT2D eigenvalue weighted by Gasteiger charge is -2.33. The molecule has 1 aliphatic carbocycles. The van der Waals surface area contributed by atoms with Gasteiger partial charge < -0.3 is 15.7 Å². The fourth-order valence-electron chi connectivity index (χ4n) is 2.84. The molecule has 1 fully saturated rings. The number of carbonyl (C=O) groups is 1. The van der Waals surface area contributed by atoms with Crippen molar-refractivity contribution in [2.45, 2.75) is 38.1 Å². The second-order valence-corrected chi connectivity index (χ2v) is 5.55. The molecule has 0 unspecified atom stereocenters. The summed E-state index contributed by atoms with van der Waals surface area (Å²) in [4.78, 5) is 14.2. The fourth-order valence-corrected chi connectivity index (χ4v) is 2.84. The predicted octanol–water partition coefficient (Wildman–Crippen LogP) is 2.44. The molecular formula is C17H24N2O2. The maximum Gasteiger partial charge on any atom is 0.246 e. The van der Waals surface area contributed by atoms with Crippen molar-refractivity contribution in [3.05, 3.63) is 35.9 Å². The van der Waals surface area contributed by atoms with Gasteiger partial charge in [-0.2, -0.15) is 0 Å². The molecule has 0 heterocycles. The van der Waals surface area contributed by atoms with Gasteiger partial charge in [0, 0.05) is 24.4 Å². The van der Waals surface area contributed by atoms with Crippen molar-refractivity contribution in [1.29, 1.82) is 0 Å². The molecule has 114 valence electrons. The number of benzene rings is 1. The highest BCUT2D eigenvalue weighted by molar-refractivity contribution is 5.92. The molecule has 1 aromatic carbocycles. The highest BCUT2D eigenvalue weighted by Gasteiger charge is 2.23. The van der Waals surface area contributed by atoms with E-state index in [2.05, 4.69) is 0 Å². The summed E-state index contributed by atoms with van der Waals surface area (Å²) in [5, 5.41) is 9.20. The summed E-state index contributed by atoms with van der Waals surface area (Å²) in [7, 11) is 0. The number of aliphatic hydroxyl groups is 1. The van der Waals surface area contributed by atoms with Crippen LogP contribution in [0.15, 0.2) is 30.3 Å². The van der Waals surface area contributed by atoms with E-state index in [4.69, 9.17) is 5.73 Å². The zero-order valence-electron chi connectivity index (χ0n) is 12.4. The Balaban J connectivity index is 2.01. The van der Waals surface area contributed by atoms with E-state index < -0.39 is 0 Å². The van der Waals surface area contributed by atoms with Gasteiger partial charge in [0.05, 0.1) is 6.61 Å². The van der Waals surface area contributed by atoms with Crippen LogP contribution in [0.4, 0.5) is 5.69 Å². The molecule has 2 rings (SSSR count). The first-order valence-corrected chi connectivity index (χ1v) is 7.66. The van der Waals surface area contributed by atoms with Crippen LogP contribution in [0, 0.1) is 0 Å². The molecule has 21 heavy (non-hydrogen) atoms. The third-order valence-electron chi connectivity index (χ3n) is 3.99. The van der Waals surface area contributed by atoms with Crippen LogP contribution in [-0.2, 0) is 4.79 Å². The van der Waals surface area contributed by atoms with Gasteiger partial charge in [0.15, 0.2) is 0 Å². The largest absolute Gasteiger partial charge is 0.399 e. The molecule has 0 spiro atoms. The highest BCUT2D eigenvalue weighted by atomic mass is 16.3. The highest BCUT2D eigenvalue weighted by Crippen LogP contribution is 2.22. The lowest BCUT2D eigenvalue weighted by Crippen LogP contribution is -2.42. The van der Waals surface area contributed by atoms with Crippen LogP contribution < -0.4 is 5.73 Å². The normalized spacial score (nSPS) is 16.2. The van der Waals surface area contributed by atoms with Crippen LogP contribution in [0.2, 0.25) is 0 Å².